The predicted molar refractivity (Wildman–Crippen MR) is 70.2 cm³/mol. The van der Waals surface area contributed by atoms with Gasteiger partial charge in [-0.1, -0.05) is 12.1 Å². The highest BCUT2D eigenvalue weighted by Gasteiger charge is 2.24. The second kappa shape index (κ2) is 4.19. The van der Waals surface area contributed by atoms with Crippen LogP contribution >= 0.6 is 0 Å². The molecule has 0 saturated heterocycles. The number of hydrogen-bond donors (Lipinski definition) is 1. The van der Waals surface area contributed by atoms with E-state index in [0.717, 1.165) is 36.3 Å². The lowest BCUT2D eigenvalue weighted by Gasteiger charge is -2.12. The number of benzene rings is 1. The lowest BCUT2D eigenvalue weighted by atomic mass is 9.96. The average Bonchev–Trinajstić information content (AvgIpc) is 2.94. The highest BCUT2D eigenvalue weighted by atomic mass is 16.4. The number of aryl methyl sites for hydroxylation is 3. The van der Waals surface area contributed by atoms with Crippen molar-refractivity contribution in [1.82, 2.24) is 14.8 Å². The summed E-state index contributed by atoms with van der Waals surface area (Å²) in [6.07, 6.45) is 1.96. The molecule has 1 aromatic heterocycles. The second-order valence-corrected chi connectivity index (χ2v) is 4.95. The Morgan fingerprint density at radius 3 is 2.74 bits per heavy atom. The van der Waals surface area contributed by atoms with E-state index in [9.17, 15) is 9.90 Å². The zero-order chi connectivity index (χ0) is 13.6. The predicted octanol–water partition coefficient (Wildman–Crippen LogP) is 2.21. The molecule has 98 valence electrons. The minimum absolute atomic E-state index is 0.335. The summed E-state index contributed by atoms with van der Waals surface area (Å²) in [7, 11) is 0. The molecule has 0 radical (unpaired) electrons. The van der Waals surface area contributed by atoms with Gasteiger partial charge in [-0.25, -0.2) is 4.79 Å². The Balaban J connectivity index is 2.30. The topological polar surface area (TPSA) is 68.0 Å². The van der Waals surface area contributed by atoms with Gasteiger partial charge in [0, 0.05) is 18.5 Å². The van der Waals surface area contributed by atoms with Crippen LogP contribution in [0.2, 0.25) is 0 Å². The van der Waals surface area contributed by atoms with Crippen molar-refractivity contribution in [3.05, 3.63) is 34.6 Å². The highest BCUT2D eigenvalue weighted by Crippen LogP contribution is 2.31. The van der Waals surface area contributed by atoms with Gasteiger partial charge in [-0.2, -0.15) is 0 Å². The summed E-state index contributed by atoms with van der Waals surface area (Å²) < 4.78 is 2.04. The van der Waals surface area contributed by atoms with Gasteiger partial charge in [-0.3, -0.25) is 0 Å². The first kappa shape index (κ1) is 11.9. The van der Waals surface area contributed by atoms with Gasteiger partial charge in [0.2, 0.25) is 0 Å². The third-order valence-electron chi connectivity index (χ3n) is 3.67. The Labute approximate surface area is 110 Å². The fourth-order valence-corrected chi connectivity index (χ4v) is 2.71. The van der Waals surface area contributed by atoms with Gasteiger partial charge in [0.25, 0.3) is 0 Å². The van der Waals surface area contributed by atoms with Crippen LogP contribution in [0.5, 0.6) is 0 Å². The van der Waals surface area contributed by atoms with Gasteiger partial charge in [0.05, 0.1) is 5.56 Å². The summed E-state index contributed by atoms with van der Waals surface area (Å²) in [5.74, 6) is 0.727. The monoisotopic (exact) mass is 257 g/mol. The standard InChI is InChI=1S/C14H15N3O2/c1-8-5-6-9(2)12(14(18)19)11(8)13-16-15-10-4-3-7-17(10)13/h5-6H,3-4,7H2,1-2H3,(H,18,19). The van der Waals surface area contributed by atoms with Crippen LogP contribution in [0.1, 0.15) is 33.7 Å². The van der Waals surface area contributed by atoms with E-state index < -0.39 is 5.97 Å². The van der Waals surface area contributed by atoms with Crippen LogP contribution in [0.25, 0.3) is 11.4 Å². The molecular weight excluding hydrogens is 242 g/mol. The molecule has 0 spiro atoms. The Hall–Kier alpha value is -2.17. The normalized spacial score (nSPS) is 13.6. The molecule has 1 aromatic carbocycles. The largest absolute Gasteiger partial charge is 0.478 e. The second-order valence-electron chi connectivity index (χ2n) is 4.95. The van der Waals surface area contributed by atoms with Gasteiger partial charge in [0.15, 0.2) is 5.82 Å². The molecule has 0 fully saturated rings. The van der Waals surface area contributed by atoms with Crippen LogP contribution in [0.15, 0.2) is 12.1 Å². The average molecular weight is 257 g/mol. The maximum atomic E-state index is 11.5. The number of rotatable bonds is 2. The number of aromatic nitrogens is 3. The molecule has 1 aliphatic heterocycles. The van der Waals surface area contributed by atoms with Gasteiger partial charge >= 0.3 is 5.97 Å². The molecule has 5 heteroatoms. The molecule has 0 atom stereocenters. The Kier molecular flexibility index (Phi) is 2.62. The van der Waals surface area contributed by atoms with Gasteiger partial charge < -0.3 is 9.67 Å². The van der Waals surface area contributed by atoms with Crippen molar-refractivity contribution in [3.63, 3.8) is 0 Å². The van der Waals surface area contributed by atoms with Crippen molar-refractivity contribution in [2.24, 2.45) is 0 Å². The summed E-state index contributed by atoms with van der Waals surface area (Å²) >= 11 is 0. The minimum atomic E-state index is -0.911. The van der Waals surface area contributed by atoms with E-state index in [1.165, 1.54) is 0 Å². The highest BCUT2D eigenvalue weighted by molar-refractivity contribution is 5.97. The van der Waals surface area contributed by atoms with Crippen LogP contribution in [0.4, 0.5) is 0 Å². The molecule has 1 aliphatic rings. The zero-order valence-electron chi connectivity index (χ0n) is 11.0. The van der Waals surface area contributed by atoms with Crippen LogP contribution < -0.4 is 0 Å². The van der Waals surface area contributed by atoms with Crippen LogP contribution in [-0.2, 0) is 13.0 Å². The van der Waals surface area contributed by atoms with Crippen LogP contribution in [0, 0.1) is 13.8 Å². The number of aromatic carboxylic acids is 1. The molecule has 19 heavy (non-hydrogen) atoms. The lowest BCUT2D eigenvalue weighted by molar-refractivity contribution is 0.0697. The number of nitrogens with zero attached hydrogens (tertiary/aromatic N) is 3. The van der Waals surface area contributed by atoms with Crippen LogP contribution in [-0.4, -0.2) is 25.8 Å². The van der Waals surface area contributed by atoms with Crippen molar-refractivity contribution in [2.45, 2.75) is 33.2 Å². The lowest BCUT2D eigenvalue weighted by Crippen LogP contribution is -2.07. The summed E-state index contributed by atoms with van der Waals surface area (Å²) in [6.45, 7) is 4.59. The first-order chi connectivity index (χ1) is 9.09. The van der Waals surface area contributed by atoms with E-state index in [4.69, 9.17) is 0 Å². The van der Waals surface area contributed by atoms with Gasteiger partial charge in [-0.05, 0) is 31.4 Å². The number of carboxylic acid groups (broad SMARTS) is 1. The molecule has 0 unspecified atom stereocenters. The van der Waals surface area contributed by atoms with E-state index in [-0.39, 0.29) is 0 Å². The maximum Gasteiger partial charge on any atom is 0.336 e. The fraction of sp³-hybridized carbons (Fsp3) is 0.357. The third kappa shape index (κ3) is 1.73. The van der Waals surface area contributed by atoms with Crippen molar-refractivity contribution in [2.75, 3.05) is 0 Å². The van der Waals surface area contributed by atoms with Crippen molar-refractivity contribution >= 4 is 5.97 Å². The molecule has 1 N–H and O–H groups in total. The van der Waals surface area contributed by atoms with E-state index in [1.807, 2.05) is 30.5 Å². The van der Waals surface area contributed by atoms with Gasteiger partial charge in [0.1, 0.15) is 5.82 Å². The van der Waals surface area contributed by atoms with E-state index in [0.29, 0.717) is 17.0 Å². The number of fused-ring (bicyclic) bond motifs is 1. The summed E-state index contributed by atoms with van der Waals surface area (Å²) in [5, 5.41) is 17.8. The zero-order valence-corrected chi connectivity index (χ0v) is 11.0. The minimum Gasteiger partial charge on any atom is -0.478 e. The molecule has 2 aromatic rings. The van der Waals surface area contributed by atoms with Crippen LogP contribution in [0.3, 0.4) is 0 Å². The molecule has 5 nitrogen and oxygen atoms in total. The van der Waals surface area contributed by atoms with E-state index in [2.05, 4.69) is 10.2 Å². The van der Waals surface area contributed by atoms with E-state index >= 15 is 0 Å². The maximum absolute atomic E-state index is 11.5. The van der Waals surface area contributed by atoms with Crippen molar-refractivity contribution in [3.8, 4) is 11.4 Å². The SMILES string of the molecule is Cc1ccc(C)c(-c2nnc3n2CCC3)c1C(=O)O. The van der Waals surface area contributed by atoms with Crippen molar-refractivity contribution < 1.29 is 9.90 Å². The van der Waals surface area contributed by atoms with Gasteiger partial charge in [-0.15, -0.1) is 10.2 Å². The van der Waals surface area contributed by atoms with Crippen molar-refractivity contribution in [1.29, 1.82) is 0 Å². The molecule has 0 saturated carbocycles. The Morgan fingerprint density at radius 1 is 1.26 bits per heavy atom. The summed E-state index contributed by atoms with van der Waals surface area (Å²) in [5.41, 5.74) is 2.71. The quantitative estimate of drug-likeness (QED) is 0.895. The molecule has 0 aliphatic carbocycles. The molecular formula is C14H15N3O2. The molecule has 0 bridgehead atoms. The first-order valence-corrected chi connectivity index (χ1v) is 6.35. The smallest absolute Gasteiger partial charge is 0.336 e. The number of carbonyl (C=O) groups is 1. The summed E-state index contributed by atoms with van der Waals surface area (Å²) in [4.78, 5) is 11.5. The summed E-state index contributed by atoms with van der Waals surface area (Å²) in [6, 6.07) is 3.78. The molecule has 3 rings (SSSR count). The Bertz CT molecular complexity index is 674. The Morgan fingerprint density at radius 2 is 2.00 bits per heavy atom. The van der Waals surface area contributed by atoms with E-state index in [1.54, 1.807) is 0 Å². The fourth-order valence-electron chi connectivity index (χ4n) is 2.71. The number of carboxylic acids is 1. The molecule has 0 amide bonds. The number of hydrogen-bond acceptors (Lipinski definition) is 3. The first-order valence-electron chi connectivity index (χ1n) is 6.35. The molecule has 2 heterocycles. The third-order valence-corrected chi connectivity index (χ3v) is 3.67.